The van der Waals surface area contributed by atoms with Crippen molar-refractivity contribution < 1.29 is 14.3 Å². The van der Waals surface area contributed by atoms with Gasteiger partial charge in [0.2, 0.25) is 5.91 Å². The fourth-order valence-corrected chi connectivity index (χ4v) is 2.75. The molecule has 1 unspecified atom stereocenters. The van der Waals surface area contributed by atoms with Crippen molar-refractivity contribution in [3.8, 4) is 0 Å². The molecule has 1 amide bonds. The number of nitrogens with one attached hydrogen (secondary N) is 1. The second kappa shape index (κ2) is 16.7. The highest BCUT2D eigenvalue weighted by Gasteiger charge is 2.20. The predicted molar refractivity (Wildman–Crippen MR) is 98.7 cm³/mol. The van der Waals surface area contributed by atoms with E-state index in [1.165, 1.54) is 52.1 Å². The van der Waals surface area contributed by atoms with E-state index >= 15 is 0 Å². The Morgan fingerprint density at radius 2 is 1.50 bits per heavy atom. The molecule has 5 nitrogen and oxygen atoms in total. The molecule has 0 aliphatic carbocycles. The molecule has 0 radical (unpaired) electrons. The van der Waals surface area contributed by atoms with Crippen molar-refractivity contribution >= 4 is 11.9 Å². The van der Waals surface area contributed by atoms with E-state index in [1.807, 2.05) is 0 Å². The van der Waals surface area contributed by atoms with Crippen LogP contribution in [0.1, 0.15) is 90.4 Å². The number of unbranched alkanes of at least 4 members (excludes halogenated alkanes) is 9. The Bertz CT molecular complexity index is 322. The van der Waals surface area contributed by atoms with Crippen molar-refractivity contribution in [2.45, 2.75) is 96.4 Å². The Hall–Kier alpha value is -1.10. The Kier molecular flexibility index (Phi) is 16.0. The quantitative estimate of drug-likeness (QED) is 0.331. The molecule has 0 aromatic heterocycles. The second-order valence-electron chi connectivity index (χ2n) is 6.51. The number of ether oxygens (including phenoxy) is 1. The van der Waals surface area contributed by atoms with Crippen molar-refractivity contribution in [1.29, 1.82) is 0 Å². The van der Waals surface area contributed by atoms with Gasteiger partial charge in [-0.15, -0.1) is 0 Å². The minimum Gasteiger partial charge on any atom is -0.467 e. The van der Waals surface area contributed by atoms with E-state index in [1.54, 1.807) is 0 Å². The van der Waals surface area contributed by atoms with Gasteiger partial charge in [0.05, 0.1) is 7.11 Å². The normalized spacial score (nSPS) is 12.0. The maximum absolute atomic E-state index is 12.0. The third-order valence-electron chi connectivity index (χ3n) is 4.28. The van der Waals surface area contributed by atoms with Crippen LogP contribution in [0.2, 0.25) is 0 Å². The molecule has 24 heavy (non-hydrogen) atoms. The van der Waals surface area contributed by atoms with Crippen LogP contribution in [0.15, 0.2) is 0 Å². The van der Waals surface area contributed by atoms with Gasteiger partial charge in [-0.3, -0.25) is 4.79 Å². The highest BCUT2D eigenvalue weighted by Crippen LogP contribution is 2.11. The molecule has 5 heteroatoms. The molecule has 0 saturated carbocycles. The molecule has 142 valence electrons. The monoisotopic (exact) mass is 342 g/mol. The van der Waals surface area contributed by atoms with Crippen molar-refractivity contribution in [3.05, 3.63) is 0 Å². The number of hydrogen-bond donors (Lipinski definition) is 2. The average Bonchev–Trinajstić information content (AvgIpc) is 2.59. The minimum absolute atomic E-state index is 0.0545. The summed E-state index contributed by atoms with van der Waals surface area (Å²) in [5.41, 5.74) is 5.46. The Morgan fingerprint density at radius 1 is 0.917 bits per heavy atom. The molecule has 1 atom stereocenters. The molecule has 0 fully saturated rings. The Morgan fingerprint density at radius 3 is 2.04 bits per heavy atom. The van der Waals surface area contributed by atoms with Gasteiger partial charge in [-0.25, -0.2) is 4.79 Å². The summed E-state index contributed by atoms with van der Waals surface area (Å²) < 4.78 is 4.76. The summed E-state index contributed by atoms with van der Waals surface area (Å²) in [4.78, 5) is 23.7. The van der Waals surface area contributed by atoms with Gasteiger partial charge < -0.3 is 15.8 Å². The minimum atomic E-state index is -0.535. The summed E-state index contributed by atoms with van der Waals surface area (Å²) in [5.74, 6) is -0.423. The maximum Gasteiger partial charge on any atom is 0.328 e. The summed E-state index contributed by atoms with van der Waals surface area (Å²) in [6.45, 7) is 2.83. The number of hydrogen-bond acceptors (Lipinski definition) is 4. The summed E-state index contributed by atoms with van der Waals surface area (Å²) >= 11 is 0. The van der Waals surface area contributed by atoms with Gasteiger partial charge in [0, 0.05) is 6.42 Å². The lowest BCUT2D eigenvalue weighted by Crippen LogP contribution is -2.41. The van der Waals surface area contributed by atoms with E-state index in [0.717, 1.165) is 25.7 Å². The largest absolute Gasteiger partial charge is 0.467 e. The van der Waals surface area contributed by atoms with E-state index in [0.29, 0.717) is 19.4 Å². The standard InChI is InChI=1S/C19H38N2O3/c1-3-4-5-6-7-8-9-10-11-15-18(22)21-17(19(23)24-2)14-12-13-16-20/h17H,3-16,20H2,1-2H3,(H,21,22). The second-order valence-corrected chi connectivity index (χ2v) is 6.51. The lowest BCUT2D eigenvalue weighted by Gasteiger charge is -2.16. The third-order valence-corrected chi connectivity index (χ3v) is 4.28. The molecule has 0 aromatic carbocycles. The zero-order valence-electron chi connectivity index (χ0n) is 15.8. The van der Waals surface area contributed by atoms with Crippen LogP contribution in [0.5, 0.6) is 0 Å². The molecule has 0 aromatic rings. The molecule has 0 spiro atoms. The van der Waals surface area contributed by atoms with Gasteiger partial charge in [0.1, 0.15) is 6.04 Å². The molecule has 0 heterocycles. The molecule has 0 saturated heterocycles. The summed E-state index contributed by atoms with van der Waals surface area (Å²) in [6, 6.07) is -0.535. The number of carbonyl (C=O) groups is 2. The van der Waals surface area contributed by atoms with Crippen molar-refractivity contribution in [2.75, 3.05) is 13.7 Å². The topological polar surface area (TPSA) is 81.4 Å². The zero-order chi connectivity index (χ0) is 18.0. The van der Waals surface area contributed by atoms with E-state index in [-0.39, 0.29) is 11.9 Å². The summed E-state index contributed by atoms with van der Waals surface area (Å²) in [7, 11) is 1.35. The van der Waals surface area contributed by atoms with E-state index in [2.05, 4.69) is 12.2 Å². The molecule has 0 rings (SSSR count). The van der Waals surface area contributed by atoms with Gasteiger partial charge in [0.15, 0.2) is 0 Å². The summed E-state index contributed by atoms with van der Waals surface area (Å²) in [5, 5.41) is 2.80. The maximum atomic E-state index is 12.0. The number of carbonyl (C=O) groups excluding carboxylic acids is 2. The Balaban J connectivity index is 3.74. The Labute approximate surface area is 148 Å². The van der Waals surface area contributed by atoms with E-state index < -0.39 is 6.04 Å². The molecule has 0 aliphatic heterocycles. The van der Waals surface area contributed by atoms with E-state index in [9.17, 15) is 9.59 Å². The molecule has 0 bridgehead atoms. The highest BCUT2D eigenvalue weighted by molar-refractivity contribution is 5.84. The van der Waals surface area contributed by atoms with Crippen LogP contribution in [-0.4, -0.2) is 31.6 Å². The SMILES string of the molecule is CCCCCCCCCCCC(=O)NC(CCCCN)C(=O)OC. The van der Waals surface area contributed by atoms with Crippen LogP contribution in [0.25, 0.3) is 0 Å². The first kappa shape index (κ1) is 22.9. The zero-order valence-corrected chi connectivity index (χ0v) is 15.8. The smallest absolute Gasteiger partial charge is 0.328 e. The first-order valence-electron chi connectivity index (χ1n) is 9.73. The predicted octanol–water partition coefficient (Wildman–Crippen LogP) is 3.69. The van der Waals surface area contributed by atoms with Crippen molar-refractivity contribution in [3.63, 3.8) is 0 Å². The van der Waals surface area contributed by atoms with Gasteiger partial charge in [-0.2, -0.15) is 0 Å². The number of amides is 1. The van der Waals surface area contributed by atoms with Gasteiger partial charge in [-0.05, 0) is 32.2 Å². The fourth-order valence-electron chi connectivity index (χ4n) is 2.75. The highest BCUT2D eigenvalue weighted by atomic mass is 16.5. The number of esters is 1. The third kappa shape index (κ3) is 13.3. The molecular weight excluding hydrogens is 304 g/mol. The molecule has 0 aliphatic rings. The van der Waals surface area contributed by atoms with E-state index in [4.69, 9.17) is 10.5 Å². The van der Waals surface area contributed by atoms with Crippen LogP contribution in [0.4, 0.5) is 0 Å². The van der Waals surface area contributed by atoms with Crippen molar-refractivity contribution in [1.82, 2.24) is 5.32 Å². The van der Waals surface area contributed by atoms with Crippen LogP contribution in [0, 0.1) is 0 Å². The first-order chi connectivity index (χ1) is 11.7. The summed E-state index contributed by atoms with van der Waals surface area (Å²) in [6.07, 6.45) is 13.8. The van der Waals surface area contributed by atoms with Gasteiger partial charge in [-0.1, -0.05) is 58.3 Å². The van der Waals surface area contributed by atoms with Crippen LogP contribution < -0.4 is 11.1 Å². The van der Waals surface area contributed by atoms with Crippen LogP contribution in [0.3, 0.4) is 0 Å². The number of rotatable bonds is 16. The number of nitrogens with two attached hydrogens (primary N) is 1. The first-order valence-corrected chi connectivity index (χ1v) is 9.73. The van der Waals surface area contributed by atoms with Crippen LogP contribution in [-0.2, 0) is 14.3 Å². The van der Waals surface area contributed by atoms with Gasteiger partial charge >= 0.3 is 5.97 Å². The molecule has 3 N–H and O–H groups in total. The van der Waals surface area contributed by atoms with Crippen LogP contribution >= 0.6 is 0 Å². The number of methoxy groups -OCH3 is 1. The molecular formula is C19H38N2O3. The lowest BCUT2D eigenvalue weighted by atomic mass is 10.1. The average molecular weight is 343 g/mol. The lowest BCUT2D eigenvalue weighted by molar-refractivity contribution is -0.145. The van der Waals surface area contributed by atoms with Crippen molar-refractivity contribution in [2.24, 2.45) is 5.73 Å². The van der Waals surface area contributed by atoms with Gasteiger partial charge in [0.25, 0.3) is 0 Å². The fraction of sp³-hybridized carbons (Fsp3) is 0.895.